The van der Waals surface area contributed by atoms with E-state index >= 15 is 0 Å². The molecule has 128 valence electrons. The molecule has 0 bridgehead atoms. The number of carbonyl (C=O) groups excluding carboxylic acids is 1. The molecular weight excluding hydrogens is 326 g/mol. The van der Waals surface area contributed by atoms with Crippen LogP contribution in [0.2, 0.25) is 5.02 Å². The van der Waals surface area contributed by atoms with Gasteiger partial charge >= 0.3 is 0 Å². The average Bonchev–Trinajstić information content (AvgIpc) is 2.61. The lowest BCUT2D eigenvalue weighted by Crippen LogP contribution is -2.38. The summed E-state index contributed by atoms with van der Waals surface area (Å²) in [6, 6.07) is 14.6. The molecule has 2 rings (SSSR count). The summed E-state index contributed by atoms with van der Waals surface area (Å²) in [6.45, 7) is 3.75. The molecular formula is C19H22ClNO3. The molecule has 0 aliphatic carbocycles. The van der Waals surface area contributed by atoms with E-state index in [0.717, 1.165) is 17.7 Å². The predicted octanol–water partition coefficient (Wildman–Crippen LogP) is 4.38. The van der Waals surface area contributed by atoms with Crippen LogP contribution >= 0.6 is 11.6 Å². The van der Waals surface area contributed by atoms with Crippen molar-refractivity contribution in [2.24, 2.45) is 0 Å². The highest BCUT2D eigenvalue weighted by Crippen LogP contribution is 2.21. The number of amides is 1. The van der Waals surface area contributed by atoms with Crippen LogP contribution in [-0.4, -0.2) is 19.1 Å². The number of rotatable bonds is 7. The summed E-state index contributed by atoms with van der Waals surface area (Å²) in [5.74, 6) is 1.24. The Morgan fingerprint density at radius 2 is 1.67 bits per heavy atom. The third kappa shape index (κ3) is 4.90. The van der Waals surface area contributed by atoms with E-state index in [2.05, 4.69) is 5.32 Å². The van der Waals surface area contributed by atoms with Gasteiger partial charge in [-0.3, -0.25) is 4.79 Å². The Kier molecular flexibility index (Phi) is 6.50. The van der Waals surface area contributed by atoms with E-state index in [4.69, 9.17) is 21.1 Å². The molecule has 0 aromatic heterocycles. The maximum Gasteiger partial charge on any atom is 0.261 e. The van der Waals surface area contributed by atoms with Gasteiger partial charge in [0, 0.05) is 5.02 Å². The summed E-state index contributed by atoms with van der Waals surface area (Å²) in [5.41, 5.74) is 1.03. The minimum atomic E-state index is -0.599. The van der Waals surface area contributed by atoms with Crippen LogP contribution in [0.25, 0.3) is 0 Å². The van der Waals surface area contributed by atoms with E-state index in [1.807, 2.05) is 31.2 Å². The second-order valence-electron chi connectivity index (χ2n) is 5.46. The fourth-order valence-electron chi connectivity index (χ4n) is 2.32. The number of methoxy groups -OCH3 is 1. The van der Waals surface area contributed by atoms with E-state index in [0.29, 0.717) is 10.8 Å². The Balaban J connectivity index is 1.98. The Morgan fingerprint density at radius 1 is 1.08 bits per heavy atom. The zero-order valence-electron chi connectivity index (χ0n) is 14.1. The lowest BCUT2D eigenvalue weighted by molar-refractivity contribution is -0.128. The van der Waals surface area contributed by atoms with Gasteiger partial charge in [0.05, 0.1) is 13.2 Å². The maximum absolute atomic E-state index is 12.4. The number of hydrogen-bond donors (Lipinski definition) is 1. The highest BCUT2D eigenvalue weighted by molar-refractivity contribution is 6.30. The molecule has 0 fully saturated rings. The van der Waals surface area contributed by atoms with Gasteiger partial charge in [-0.05, 0) is 55.3 Å². The Hall–Kier alpha value is -2.20. The van der Waals surface area contributed by atoms with E-state index in [1.165, 1.54) is 0 Å². The van der Waals surface area contributed by atoms with E-state index < -0.39 is 6.10 Å². The molecule has 2 atom stereocenters. The summed E-state index contributed by atoms with van der Waals surface area (Å²) < 4.78 is 10.8. The third-order valence-corrected chi connectivity index (χ3v) is 3.99. The zero-order valence-corrected chi connectivity index (χ0v) is 14.8. The first kappa shape index (κ1) is 18.1. The van der Waals surface area contributed by atoms with Crippen molar-refractivity contribution >= 4 is 17.5 Å². The molecule has 0 radical (unpaired) electrons. The molecule has 0 unspecified atom stereocenters. The van der Waals surface area contributed by atoms with Gasteiger partial charge in [-0.25, -0.2) is 0 Å². The number of carbonyl (C=O) groups is 1. The smallest absolute Gasteiger partial charge is 0.261 e. The molecule has 0 aliphatic rings. The SMILES string of the molecule is CC[C@@H](NC(=O)[C@@H](C)Oc1ccc(Cl)cc1)c1ccc(OC)cc1. The normalized spacial score (nSPS) is 13.0. The van der Waals surface area contributed by atoms with E-state index in [1.54, 1.807) is 38.3 Å². The second-order valence-corrected chi connectivity index (χ2v) is 5.89. The molecule has 1 amide bonds. The van der Waals surface area contributed by atoms with E-state index in [9.17, 15) is 4.79 Å². The fraction of sp³-hybridized carbons (Fsp3) is 0.316. The molecule has 5 heteroatoms. The fourth-order valence-corrected chi connectivity index (χ4v) is 2.44. The van der Waals surface area contributed by atoms with Crippen LogP contribution in [-0.2, 0) is 4.79 Å². The van der Waals surface area contributed by atoms with Crippen LogP contribution in [0.5, 0.6) is 11.5 Å². The minimum absolute atomic E-state index is 0.0697. The molecule has 1 N–H and O–H groups in total. The topological polar surface area (TPSA) is 47.6 Å². The van der Waals surface area contributed by atoms with Gasteiger partial charge in [-0.15, -0.1) is 0 Å². The van der Waals surface area contributed by atoms with Crippen LogP contribution < -0.4 is 14.8 Å². The largest absolute Gasteiger partial charge is 0.497 e. The number of ether oxygens (including phenoxy) is 2. The highest BCUT2D eigenvalue weighted by Gasteiger charge is 2.19. The van der Waals surface area contributed by atoms with Crippen molar-refractivity contribution in [1.29, 1.82) is 0 Å². The molecule has 24 heavy (non-hydrogen) atoms. The first-order valence-electron chi connectivity index (χ1n) is 7.90. The zero-order chi connectivity index (χ0) is 17.5. The van der Waals surface area contributed by atoms with E-state index in [-0.39, 0.29) is 11.9 Å². The maximum atomic E-state index is 12.4. The van der Waals surface area contributed by atoms with Gasteiger partial charge in [0.2, 0.25) is 0 Å². The van der Waals surface area contributed by atoms with Crippen LogP contribution in [0, 0.1) is 0 Å². The molecule has 0 heterocycles. The molecule has 0 saturated heterocycles. The third-order valence-electron chi connectivity index (χ3n) is 3.74. The number of nitrogens with one attached hydrogen (secondary N) is 1. The van der Waals surface area contributed by atoms with Crippen molar-refractivity contribution in [3.8, 4) is 11.5 Å². The average molecular weight is 348 g/mol. The van der Waals surface area contributed by atoms with Crippen molar-refractivity contribution in [3.63, 3.8) is 0 Å². The second kappa shape index (κ2) is 8.60. The quantitative estimate of drug-likeness (QED) is 0.808. The summed E-state index contributed by atoms with van der Waals surface area (Å²) in [4.78, 5) is 12.4. The van der Waals surface area contributed by atoms with Crippen LogP contribution in [0.3, 0.4) is 0 Å². The Bertz CT molecular complexity index is 655. The van der Waals surface area contributed by atoms with Gasteiger partial charge in [0.25, 0.3) is 5.91 Å². The number of hydrogen-bond acceptors (Lipinski definition) is 3. The van der Waals surface area contributed by atoms with Crippen LogP contribution in [0.1, 0.15) is 31.9 Å². The number of halogens is 1. The molecule has 0 aliphatic heterocycles. The number of benzene rings is 2. The predicted molar refractivity (Wildman–Crippen MR) is 95.7 cm³/mol. The van der Waals surface area contributed by atoms with Crippen LogP contribution in [0.15, 0.2) is 48.5 Å². The van der Waals surface area contributed by atoms with Gasteiger partial charge < -0.3 is 14.8 Å². The van der Waals surface area contributed by atoms with Gasteiger partial charge in [-0.2, -0.15) is 0 Å². The molecule has 0 saturated carbocycles. The summed E-state index contributed by atoms with van der Waals surface area (Å²) in [5, 5.41) is 3.65. The monoisotopic (exact) mass is 347 g/mol. The molecule has 2 aromatic carbocycles. The van der Waals surface area contributed by atoms with Crippen molar-refractivity contribution < 1.29 is 14.3 Å². The standard InChI is InChI=1S/C19H22ClNO3/c1-4-18(14-5-9-16(23-3)10-6-14)21-19(22)13(2)24-17-11-7-15(20)8-12-17/h5-13,18H,4H2,1-3H3,(H,21,22)/t13-,18-/m1/s1. The lowest BCUT2D eigenvalue weighted by atomic mass is 10.0. The molecule has 2 aromatic rings. The van der Waals surface area contributed by atoms with Crippen molar-refractivity contribution in [1.82, 2.24) is 5.32 Å². The molecule has 4 nitrogen and oxygen atoms in total. The lowest BCUT2D eigenvalue weighted by Gasteiger charge is -2.21. The van der Waals surface area contributed by atoms with Crippen molar-refractivity contribution in [2.75, 3.05) is 7.11 Å². The molecule has 0 spiro atoms. The summed E-state index contributed by atoms with van der Waals surface area (Å²) in [6.07, 6.45) is 0.185. The highest BCUT2D eigenvalue weighted by atomic mass is 35.5. The van der Waals surface area contributed by atoms with Gasteiger partial charge in [0.1, 0.15) is 11.5 Å². The Morgan fingerprint density at radius 3 is 2.21 bits per heavy atom. The van der Waals surface area contributed by atoms with Crippen molar-refractivity contribution in [2.45, 2.75) is 32.4 Å². The van der Waals surface area contributed by atoms with Gasteiger partial charge in [0.15, 0.2) is 6.10 Å². The van der Waals surface area contributed by atoms with Crippen LogP contribution in [0.4, 0.5) is 0 Å². The minimum Gasteiger partial charge on any atom is -0.497 e. The summed E-state index contributed by atoms with van der Waals surface area (Å²) in [7, 11) is 1.63. The summed E-state index contributed by atoms with van der Waals surface area (Å²) >= 11 is 5.84. The first-order chi connectivity index (χ1) is 11.5. The Labute approximate surface area is 147 Å². The van der Waals surface area contributed by atoms with Crippen molar-refractivity contribution in [3.05, 3.63) is 59.1 Å². The first-order valence-corrected chi connectivity index (χ1v) is 8.27. The van der Waals surface area contributed by atoms with Gasteiger partial charge in [-0.1, -0.05) is 30.7 Å².